The van der Waals surface area contributed by atoms with Crippen LogP contribution in [0.15, 0.2) is 41.8 Å². The summed E-state index contributed by atoms with van der Waals surface area (Å²) in [7, 11) is -1.19. The van der Waals surface area contributed by atoms with Gasteiger partial charge in [-0.1, -0.05) is 12.1 Å². The third-order valence-electron chi connectivity index (χ3n) is 1.61. The van der Waals surface area contributed by atoms with E-state index in [0.717, 1.165) is 0 Å². The minimum absolute atomic E-state index is 0. The Labute approximate surface area is 96.7 Å². The Bertz CT molecular complexity index is 390. The van der Waals surface area contributed by atoms with E-state index in [-0.39, 0.29) is 18.0 Å². The molecule has 1 aromatic carbocycles. The molecule has 5 heteroatoms. The number of rotatable bonds is 4. The molecule has 1 rings (SSSR count). The maximum absolute atomic E-state index is 11.5. The summed E-state index contributed by atoms with van der Waals surface area (Å²) in [6.45, 7) is 3.47. The predicted octanol–water partition coefficient (Wildman–Crippen LogP) is 2.10. The highest BCUT2D eigenvalue weighted by Crippen LogP contribution is 2.10. The molecule has 1 aromatic rings. The van der Waals surface area contributed by atoms with Crippen molar-refractivity contribution in [2.24, 2.45) is 0 Å². The lowest BCUT2D eigenvalue weighted by Gasteiger charge is -2.00. The van der Waals surface area contributed by atoms with E-state index in [2.05, 4.69) is 6.58 Å². The lowest BCUT2D eigenvalue weighted by Crippen LogP contribution is -2.00. The van der Waals surface area contributed by atoms with E-state index in [4.69, 9.17) is 5.11 Å². The van der Waals surface area contributed by atoms with E-state index in [1.165, 1.54) is 12.1 Å². The standard InChI is InChI=1S/C10H10O3S.ClH/c1-2-6-14(13)9-5-3-4-8(7-9)10(11)12;/h2-5,7H,1,6H2,(H,11,12);1H. The van der Waals surface area contributed by atoms with Crippen molar-refractivity contribution in [3.8, 4) is 0 Å². The summed E-state index contributed by atoms with van der Waals surface area (Å²) in [6, 6.07) is 6.12. The van der Waals surface area contributed by atoms with Crippen LogP contribution >= 0.6 is 12.4 Å². The fourth-order valence-corrected chi connectivity index (χ4v) is 1.87. The molecule has 0 bridgehead atoms. The van der Waals surface area contributed by atoms with Gasteiger partial charge in [0.15, 0.2) is 0 Å². The number of hydrogen-bond acceptors (Lipinski definition) is 2. The number of carbonyl (C=O) groups is 1. The van der Waals surface area contributed by atoms with E-state index < -0.39 is 16.8 Å². The number of carboxylic acids is 1. The quantitative estimate of drug-likeness (QED) is 0.828. The van der Waals surface area contributed by atoms with Crippen LogP contribution in [0.25, 0.3) is 0 Å². The van der Waals surface area contributed by atoms with Crippen LogP contribution in [0.3, 0.4) is 0 Å². The molecular weight excluding hydrogens is 236 g/mol. The highest BCUT2D eigenvalue weighted by atomic mass is 35.5. The smallest absolute Gasteiger partial charge is 0.335 e. The molecule has 0 aliphatic heterocycles. The lowest BCUT2D eigenvalue weighted by molar-refractivity contribution is 0.0696. The van der Waals surface area contributed by atoms with Crippen LogP contribution in [0.4, 0.5) is 0 Å². The molecule has 15 heavy (non-hydrogen) atoms. The van der Waals surface area contributed by atoms with Crippen molar-refractivity contribution in [2.75, 3.05) is 5.75 Å². The summed E-state index contributed by atoms with van der Waals surface area (Å²) < 4.78 is 11.5. The first-order valence-electron chi connectivity index (χ1n) is 3.98. The van der Waals surface area contributed by atoms with Crippen molar-refractivity contribution in [1.82, 2.24) is 0 Å². The molecule has 0 fully saturated rings. The minimum atomic E-state index is -1.19. The summed E-state index contributed by atoms with van der Waals surface area (Å²) >= 11 is 0. The van der Waals surface area contributed by atoms with Crippen LogP contribution in [0.1, 0.15) is 10.4 Å². The van der Waals surface area contributed by atoms with Crippen molar-refractivity contribution in [1.29, 1.82) is 0 Å². The zero-order chi connectivity index (χ0) is 10.6. The average Bonchev–Trinajstić information content (AvgIpc) is 2.18. The Hall–Kier alpha value is -1.13. The monoisotopic (exact) mass is 246 g/mol. The Balaban J connectivity index is 0.00000196. The second kappa shape index (κ2) is 6.37. The summed E-state index contributed by atoms with van der Waals surface area (Å²) in [5.74, 6) is -0.675. The second-order valence-corrected chi connectivity index (χ2v) is 4.13. The zero-order valence-corrected chi connectivity index (χ0v) is 9.51. The van der Waals surface area contributed by atoms with Gasteiger partial charge in [-0.15, -0.1) is 19.0 Å². The Kier molecular flexibility index (Phi) is 5.89. The highest BCUT2D eigenvalue weighted by molar-refractivity contribution is 7.85. The van der Waals surface area contributed by atoms with Gasteiger partial charge >= 0.3 is 5.97 Å². The van der Waals surface area contributed by atoms with Gasteiger partial charge in [0.25, 0.3) is 0 Å². The van der Waals surface area contributed by atoms with Crippen molar-refractivity contribution < 1.29 is 14.1 Å². The van der Waals surface area contributed by atoms with Gasteiger partial charge in [-0.3, -0.25) is 4.21 Å². The van der Waals surface area contributed by atoms with Gasteiger partial charge in [0.05, 0.1) is 16.4 Å². The maximum Gasteiger partial charge on any atom is 0.335 e. The number of halogens is 1. The molecule has 0 saturated heterocycles. The molecule has 0 amide bonds. The van der Waals surface area contributed by atoms with Crippen molar-refractivity contribution in [3.05, 3.63) is 42.5 Å². The molecule has 0 spiro atoms. The van der Waals surface area contributed by atoms with E-state index in [1.54, 1.807) is 18.2 Å². The van der Waals surface area contributed by atoms with Gasteiger partial charge in [-0.05, 0) is 18.2 Å². The van der Waals surface area contributed by atoms with E-state index in [0.29, 0.717) is 10.6 Å². The van der Waals surface area contributed by atoms with Crippen LogP contribution in [0.2, 0.25) is 0 Å². The van der Waals surface area contributed by atoms with Gasteiger partial charge < -0.3 is 5.11 Å². The Morgan fingerprint density at radius 3 is 2.73 bits per heavy atom. The predicted molar refractivity (Wildman–Crippen MR) is 62.1 cm³/mol. The fraction of sp³-hybridized carbons (Fsp3) is 0.100. The first kappa shape index (κ1) is 13.9. The second-order valence-electron chi connectivity index (χ2n) is 2.63. The normalized spacial score (nSPS) is 11.2. The average molecular weight is 247 g/mol. The van der Waals surface area contributed by atoms with Crippen molar-refractivity contribution >= 4 is 29.2 Å². The number of carboxylic acid groups (broad SMARTS) is 1. The lowest BCUT2D eigenvalue weighted by atomic mass is 10.2. The minimum Gasteiger partial charge on any atom is -0.478 e. The van der Waals surface area contributed by atoms with Crippen molar-refractivity contribution in [3.63, 3.8) is 0 Å². The van der Waals surface area contributed by atoms with Gasteiger partial charge in [0.2, 0.25) is 0 Å². The molecule has 0 radical (unpaired) electrons. The molecule has 1 N–H and O–H groups in total. The Morgan fingerprint density at radius 2 is 2.20 bits per heavy atom. The largest absolute Gasteiger partial charge is 0.478 e. The SMILES string of the molecule is C=CCS(=O)c1cccc(C(=O)O)c1.Cl. The van der Waals surface area contributed by atoms with E-state index in [9.17, 15) is 9.00 Å². The molecule has 0 heterocycles. The van der Waals surface area contributed by atoms with Crippen LogP contribution in [0.5, 0.6) is 0 Å². The Morgan fingerprint density at radius 1 is 1.53 bits per heavy atom. The first-order valence-corrected chi connectivity index (χ1v) is 5.29. The fourth-order valence-electron chi connectivity index (χ4n) is 0.974. The molecule has 0 saturated carbocycles. The number of benzene rings is 1. The molecular formula is C10H11ClO3S. The maximum atomic E-state index is 11.5. The summed E-state index contributed by atoms with van der Waals surface area (Å²) in [5, 5.41) is 8.70. The molecule has 0 aliphatic carbocycles. The molecule has 0 aliphatic rings. The molecule has 1 atom stereocenters. The highest BCUT2D eigenvalue weighted by Gasteiger charge is 2.06. The number of aromatic carboxylic acids is 1. The van der Waals surface area contributed by atoms with Crippen LogP contribution in [-0.4, -0.2) is 21.0 Å². The van der Waals surface area contributed by atoms with Gasteiger partial charge in [0.1, 0.15) is 0 Å². The van der Waals surface area contributed by atoms with E-state index >= 15 is 0 Å². The molecule has 0 aromatic heterocycles. The van der Waals surface area contributed by atoms with Gasteiger partial charge in [0, 0.05) is 10.6 Å². The summed E-state index contributed by atoms with van der Waals surface area (Å²) in [4.78, 5) is 11.1. The summed E-state index contributed by atoms with van der Waals surface area (Å²) in [5.41, 5.74) is 0.153. The van der Waals surface area contributed by atoms with Gasteiger partial charge in [-0.25, -0.2) is 4.79 Å². The third kappa shape index (κ3) is 3.85. The van der Waals surface area contributed by atoms with Crippen molar-refractivity contribution in [2.45, 2.75) is 4.90 Å². The van der Waals surface area contributed by atoms with Crippen LogP contribution in [0, 0.1) is 0 Å². The zero-order valence-electron chi connectivity index (χ0n) is 7.88. The number of hydrogen-bond donors (Lipinski definition) is 1. The molecule has 1 unspecified atom stereocenters. The molecule has 3 nitrogen and oxygen atoms in total. The molecule has 82 valence electrons. The summed E-state index contributed by atoms with van der Waals surface area (Å²) in [6.07, 6.45) is 1.55. The van der Waals surface area contributed by atoms with Gasteiger partial charge in [-0.2, -0.15) is 0 Å². The van der Waals surface area contributed by atoms with Crippen LogP contribution < -0.4 is 0 Å². The van der Waals surface area contributed by atoms with Crippen LogP contribution in [-0.2, 0) is 10.8 Å². The third-order valence-corrected chi connectivity index (χ3v) is 2.93. The van der Waals surface area contributed by atoms with E-state index in [1.807, 2.05) is 0 Å². The first-order chi connectivity index (χ1) is 6.65. The topological polar surface area (TPSA) is 54.4 Å².